The monoisotopic (exact) mass is 302 g/mol. The maximum absolute atomic E-state index is 12.2. The molecule has 118 valence electrons. The lowest BCUT2D eigenvalue weighted by Gasteiger charge is -2.31. The predicted molar refractivity (Wildman–Crippen MR) is 82.3 cm³/mol. The van der Waals surface area contributed by atoms with Crippen molar-refractivity contribution < 1.29 is 9.21 Å². The van der Waals surface area contributed by atoms with E-state index in [1.54, 1.807) is 12.5 Å². The van der Waals surface area contributed by atoms with E-state index in [4.69, 9.17) is 4.42 Å². The highest BCUT2D eigenvalue weighted by Gasteiger charge is 2.24. The molecule has 0 bridgehead atoms. The molecule has 6 nitrogen and oxygen atoms in total. The highest BCUT2D eigenvalue weighted by molar-refractivity contribution is 5.78. The van der Waals surface area contributed by atoms with Crippen molar-refractivity contribution in [3.05, 3.63) is 42.1 Å². The van der Waals surface area contributed by atoms with Gasteiger partial charge in [0.05, 0.1) is 18.8 Å². The summed E-state index contributed by atoms with van der Waals surface area (Å²) < 4.78 is 5.31. The minimum atomic E-state index is -0.101. The molecule has 0 aliphatic carbocycles. The molecule has 0 aromatic carbocycles. The van der Waals surface area contributed by atoms with Gasteiger partial charge in [-0.3, -0.25) is 14.8 Å². The third kappa shape index (κ3) is 3.57. The van der Waals surface area contributed by atoms with Crippen LogP contribution < -0.4 is 5.32 Å². The second-order valence-electron chi connectivity index (χ2n) is 5.89. The summed E-state index contributed by atoms with van der Waals surface area (Å²) in [5.41, 5.74) is 1.16. The van der Waals surface area contributed by atoms with Crippen LogP contribution in [0, 0.1) is 0 Å². The maximum Gasteiger partial charge on any atom is 0.234 e. The molecule has 6 heteroatoms. The molecule has 22 heavy (non-hydrogen) atoms. The van der Waals surface area contributed by atoms with E-state index in [1.807, 2.05) is 25.1 Å². The average Bonchev–Trinajstić information content (AvgIpc) is 3.21. The van der Waals surface area contributed by atoms with Crippen LogP contribution >= 0.6 is 0 Å². The molecule has 2 aromatic heterocycles. The van der Waals surface area contributed by atoms with Crippen LogP contribution in [0.2, 0.25) is 0 Å². The minimum Gasteiger partial charge on any atom is -0.467 e. The third-order valence-corrected chi connectivity index (χ3v) is 4.18. The smallest absolute Gasteiger partial charge is 0.234 e. The van der Waals surface area contributed by atoms with Crippen LogP contribution in [0.1, 0.15) is 43.2 Å². The van der Waals surface area contributed by atoms with E-state index in [-0.39, 0.29) is 11.9 Å². The summed E-state index contributed by atoms with van der Waals surface area (Å²) in [6.07, 6.45) is 5.65. The summed E-state index contributed by atoms with van der Waals surface area (Å²) in [6.45, 7) is 4.22. The highest BCUT2D eigenvalue weighted by atomic mass is 16.3. The SMILES string of the molecule is C[C@H](NC(=O)CN1CCC[C@@H](c2ccn[nH]2)C1)c1ccco1. The van der Waals surface area contributed by atoms with Gasteiger partial charge >= 0.3 is 0 Å². The Morgan fingerprint density at radius 1 is 1.59 bits per heavy atom. The molecule has 0 spiro atoms. The number of amides is 1. The van der Waals surface area contributed by atoms with Crippen molar-refractivity contribution in [3.63, 3.8) is 0 Å². The minimum absolute atomic E-state index is 0.0363. The molecule has 3 heterocycles. The Morgan fingerprint density at radius 3 is 3.23 bits per heavy atom. The van der Waals surface area contributed by atoms with Crippen molar-refractivity contribution in [2.24, 2.45) is 0 Å². The molecule has 0 unspecified atom stereocenters. The van der Waals surface area contributed by atoms with Crippen LogP contribution in [-0.4, -0.2) is 40.6 Å². The number of aromatic amines is 1. The molecule has 0 saturated carbocycles. The lowest BCUT2D eigenvalue weighted by atomic mass is 9.95. The summed E-state index contributed by atoms with van der Waals surface area (Å²) in [5, 5.41) is 10.0. The number of likely N-dealkylation sites (tertiary alicyclic amines) is 1. The lowest BCUT2D eigenvalue weighted by Crippen LogP contribution is -2.42. The van der Waals surface area contributed by atoms with Crippen LogP contribution in [0.15, 0.2) is 35.1 Å². The van der Waals surface area contributed by atoms with Crippen molar-refractivity contribution in [1.82, 2.24) is 20.4 Å². The number of aromatic nitrogens is 2. The molecule has 1 fully saturated rings. The van der Waals surface area contributed by atoms with E-state index in [1.165, 1.54) is 0 Å². The van der Waals surface area contributed by atoms with Gasteiger partial charge in [0.25, 0.3) is 0 Å². The van der Waals surface area contributed by atoms with Crippen molar-refractivity contribution >= 4 is 5.91 Å². The van der Waals surface area contributed by atoms with Gasteiger partial charge in [0.15, 0.2) is 0 Å². The van der Waals surface area contributed by atoms with Gasteiger partial charge in [-0.15, -0.1) is 0 Å². The first-order valence-corrected chi connectivity index (χ1v) is 7.77. The fraction of sp³-hybridized carbons (Fsp3) is 0.500. The van der Waals surface area contributed by atoms with Crippen molar-refractivity contribution in [3.8, 4) is 0 Å². The van der Waals surface area contributed by atoms with Gasteiger partial charge in [0, 0.05) is 24.4 Å². The average molecular weight is 302 g/mol. The van der Waals surface area contributed by atoms with Gasteiger partial charge < -0.3 is 9.73 Å². The van der Waals surface area contributed by atoms with Gasteiger partial charge in [-0.2, -0.15) is 5.10 Å². The molecule has 1 aliphatic rings. The number of carbonyl (C=O) groups excluding carboxylic acids is 1. The molecule has 2 N–H and O–H groups in total. The number of hydrogen-bond donors (Lipinski definition) is 2. The Morgan fingerprint density at radius 2 is 2.50 bits per heavy atom. The number of rotatable bonds is 5. The number of hydrogen-bond acceptors (Lipinski definition) is 4. The molecule has 1 amide bonds. The Kier molecular flexibility index (Phi) is 4.58. The first-order valence-electron chi connectivity index (χ1n) is 7.77. The van der Waals surface area contributed by atoms with Crippen molar-refractivity contribution in [1.29, 1.82) is 0 Å². The number of nitrogens with one attached hydrogen (secondary N) is 2. The fourth-order valence-corrected chi connectivity index (χ4v) is 3.05. The van der Waals surface area contributed by atoms with E-state index in [9.17, 15) is 4.79 Å². The number of H-pyrrole nitrogens is 1. The molecule has 1 aliphatic heterocycles. The van der Waals surface area contributed by atoms with E-state index in [2.05, 4.69) is 20.4 Å². The van der Waals surface area contributed by atoms with Crippen LogP contribution in [-0.2, 0) is 4.79 Å². The number of nitrogens with zero attached hydrogens (tertiary/aromatic N) is 2. The topological polar surface area (TPSA) is 74.2 Å². The second kappa shape index (κ2) is 6.79. The van der Waals surface area contributed by atoms with Gasteiger partial charge in [0.1, 0.15) is 5.76 Å². The summed E-state index contributed by atoms with van der Waals surface area (Å²) in [7, 11) is 0. The van der Waals surface area contributed by atoms with Gasteiger partial charge in [-0.25, -0.2) is 0 Å². The Bertz CT molecular complexity index is 579. The maximum atomic E-state index is 12.2. The van der Waals surface area contributed by atoms with E-state index < -0.39 is 0 Å². The summed E-state index contributed by atoms with van der Waals surface area (Å²) in [5.74, 6) is 1.25. The first-order chi connectivity index (χ1) is 10.7. The zero-order valence-electron chi connectivity index (χ0n) is 12.8. The summed E-state index contributed by atoms with van der Waals surface area (Å²) >= 11 is 0. The number of carbonyl (C=O) groups is 1. The second-order valence-corrected chi connectivity index (χ2v) is 5.89. The normalized spacial score (nSPS) is 20.7. The molecular weight excluding hydrogens is 280 g/mol. The number of furan rings is 1. The quantitative estimate of drug-likeness (QED) is 0.886. The molecular formula is C16H22N4O2. The standard InChI is InChI=1S/C16H22N4O2/c1-12(15-5-3-9-22-15)18-16(21)11-20-8-2-4-13(10-20)14-6-7-17-19-14/h3,5-7,9,12-13H,2,4,8,10-11H2,1H3,(H,17,19)(H,18,21)/t12-,13+/m0/s1. The molecule has 1 saturated heterocycles. The predicted octanol–water partition coefficient (Wildman–Crippen LogP) is 2.06. The fourth-order valence-electron chi connectivity index (χ4n) is 3.05. The van der Waals surface area contributed by atoms with Crippen LogP contribution in [0.5, 0.6) is 0 Å². The Hall–Kier alpha value is -2.08. The molecule has 2 aromatic rings. The Balaban J connectivity index is 1.51. The summed E-state index contributed by atoms with van der Waals surface area (Å²) in [4.78, 5) is 14.4. The van der Waals surface area contributed by atoms with E-state index in [0.29, 0.717) is 12.5 Å². The first kappa shape index (κ1) is 14.8. The van der Waals surface area contributed by atoms with E-state index in [0.717, 1.165) is 37.4 Å². The molecule has 2 atom stereocenters. The zero-order chi connectivity index (χ0) is 15.4. The summed E-state index contributed by atoms with van der Waals surface area (Å²) in [6, 6.07) is 5.63. The van der Waals surface area contributed by atoms with Gasteiger partial charge in [-0.05, 0) is 44.5 Å². The highest BCUT2D eigenvalue weighted by Crippen LogP contribution is 2.25. The van der Waals surface area contributed by atoms with Gasteiger partial charge in [0.2, 0.25) is 5.91 Å². The van der Waals surface area contributed by atoms with Crippen molar-refractivity contribution in [2.45, 2.75) is 31.7 Å². The third-order valence-electron chi connectivity index (χ3n) is 4.18. The van der Waals surface area contributed by atoms with Crippen molar-refractivity contribution in [2.75, 3.05) is 19.6 Å². The molecule has 3 rings (SSSR count). The lowest BCUT2D eigenvalue weighted by molar-refractivity contribution is -0.123. The van der Waals surface area contributed by atoms with E-state index >= 15 is 0 Å². The van der Waals surface area contributed by atoms with Crippen LogP contribution in [0.4, 0.5) is 0 Å². The Labute approximate surface area is 129 Å². The molecule has 0 radical (unpaired) electrons. The van der Waals surface area contributed by atoms with Gasteiger partial charge in [-0.1, -0.05) is 0 Å². The number of piperidine rings is 1. The zero-order valence-corrected chi connectivity index (χ0v) is 12.8. The van der Waals surface area contributed by atoms with Crippen LogP contribution in [0.3, 0.4) is 0 Å². The largest absolute Gasteiger partial charge is 0.467 e. The van der Waals surface area contributed by atoms with Crippen LogP contribution in [0.25, 0.3) is 0 Å².